The van der Waals surface area contributed by atoms with Gasteiger partial charge in [0.25, 0.3) is 5.56 Å². The molecule has 80 valence electrons. The van der Waals surface area contributed by atoms with Crippen LogP contribution in [0.15, 0.2) is 29.1 Å². The third-order valence-electron chi connectivity index (χ3n) is 1.90. The summed E-state index contributed by atoms with van der Waals surface area (Å²) in [6, 6.07) is 4.85. The summed E-state index contributed by atoms with van der Waals surface area (Å²) >= 11 is 0. The molecule has 0 radical (unpaired) electrons. The first kappa shape index (κ1) is 11.2. The maximum atomic E-state index is 11.2. The molecular formula is C11H13NO3. The summed E-state index contributed by atoms with van der Waals surface area (Å²) in [7, 11) is 1.65. The fourth-order valence-corrected chi connectivity index (χ4v) is 1.09. The number of aromatic nitrogens is 1. The van der Waals surface area contributed by atoms with Gasteiger partial charge in [-0.2, -0.15) is 0 Å². The van der Waals surface area contributed by atoms with Gasteiger partial charge in [-0.15, -0.1) is 0 Å². The number of hydrogen-bond acceptors (Lipinski definition) is 3. The molecule has 0 unspecified atom stereocenters. The van der Waals surface area contributed by atoms with Gasteiger partial charge in [0.05, 0.1) is 6.61 Å². The van der Waals surface area contributed by atoms with Crippen LogP contribution in [-0.2, 0) is 16.6 Å². The Morgan fingerprint density at radius 2 is 2.27 bits per heavy atom. The molecule has 0 aliphatic heterocycles. The van der Waals surface area contributed by atoms with Crippen molar-refractivity contribution >= 4 is 12.0 Å². The maximum absolute atomic E-state index is 11.2. The molecule has 4 heteroatoms. The number of ether oxygens (including phenoxy) is 1. The van der Waals surface area contributed by atoms with E-state index < -0.39 is 5.97 Å². The van der Waals surface area contributed by atoms with Crippen LogP contribution in [0.4, 0.5) is 0 Å². The molecule has 0 aromatic carbocycles. The van der Waals surface area contributed by atoms with E-state index >= 15 is 0 Å². The molecule has 0 fully saturated rings. The van der Waals surface area contributed by atoms with Crippen LogP contribution in [0.25, 0.3) is 6.08 Å². The van der Waals surface area contributed by atoms with Gasteiger partial charge in [-0.1, -0.05) is 6.07 Å². The van der Waals surface area contributed by atoms with Crippen molar-refractivity contribution in [3.63, 3.8) is 0 Å². The van der Waals surface area contributed by atoms with Gasteiger partial charge in [-0.3, -0.25) is 4.79 Å². The van der Waals surface area contributed by atoms with E-state index in [1.807, 2.05) is 0 Å². The SMILES string of the molecule is CCOC(=O)C=Cc1cccc(=O)n1C. The summed E-state index contributed by atoms with van der Waals surface area (Å²) in [6.45, 7) is 2.08. The highest BCUT2D eigenvalue weighted by Crippen LogP contribution is 1.97. The summed E-state index contributed by atoms with van der Waals surface area (Å²) < 4.78 is 6.17. The molecule has 0 aliphatic carbocycles. The fourth-order valence-electron chi connectivity index (χ4n) is 1.09. The average Bonchev–Trinajstić information content (AvgIpc) is 2.21. The van der Waals surface area contributed by atoms with Crippen LogP contribution in [0.1, 0.15) is 12.6 Å². The van der Waals surface area contributed by atoms with E-state index in [1.54, 1.807) is 32.2 Å². The lowest BCUT2D eigenvalue weighted by Crippen LogP contribution is -2.16. The first-order valence-electron chi connectivity index (χ1n) is 4.66. The van der Waals surface area contributed by atoms with Crippen molar-refractivity contribution in [2.45, 2.75) is 6.92 Å². The molecule has 0 N–H and O–H groups in total. The minimum absolute atomic E-state index is 0.110. The summed E-state index contributed by atoms with van der Waals surface area (Å²) in [4.78, 5) is 22.2. The van der Waals surface area contributed by atoms with E-state index in [9.17, 15) is 9.59 Å². The van der Waals surface area contributed by atoms with Crippen molar-refractivity contribution in [2.75, 3.05) is 6.61 Å². The van der Waals surface area contributed by atoms with Crippen LogP contribution in [0.3, 0.4) is 0 Å². The topological polar surface area (TPSA) is 48.3 Å². The molecule has 0 spiro atoms. The first-order chi connectivity index (χ1) is 7.15. The van der Waals surface area contributed by atoms with E-state index in [0.29, 0.717) is 12.3 Å². The molecule has 15 heavy (non-hydrogen) atoms. The normalized spacial score (nSPS) is 10.5. The van der Waals surface area contributed by atoms with Crippen molar-refractivity contribution in [1.82, 2.24) is 4.57 Å². The van der Waals surface area contributed by atoms with Crippen molar-refractivity contribution < 1.29 is 9.53 Å². The zero-order valence-corrected chi connectivity index (χ0v) is 8.77. The number of nitrogens with zero attached hydrogens (tertiary/aromatic N) is 1. The van der Waals surface area contributed by atoms with Crippen LogP contribution in [0, 0.1) is 0 Å². The predicted molar refractivity (Wildman–Crippen MR) is 57.4 cm³/mol. The van der Waals surface area contributed by atoms with Crippen molar-refractivity contribution in [3.05, 3.63) is 40.3 Å². The fraction of sp³-hybridized carbons (Fsp3) is 0.273. The smallest absolute Gasteiger partial charge is 0.330 e. The first-order valence-corrected chi connectivity index (χ1v) is 4.66. The number of carbonyl (C=O) groups excluding carboxylic acids is 1. The highest BCUT2D eigenvalue weighted by Gasteiger charge is 1.97. The molecule has 0 atom stereocenters. The van der Waals surface area contributed by atoms with Crippen molar-refractivity contribution in [3.8, 4) is 0 Å². The predicted octanol–water partition coefficient (Wildman–Crippen LogP) is 0.962. The lowest BCUT2D eigenvalue weighted by molar-refractivity contribution is -0.137. The summed E-state index contributed by atoms with van der Waals surface area (Å²) in [5.74, 6) is -0.409. The average molecular weight is 207 g/mol. The Kier molecular flexibility index (Phi) is 3.85. The number of esters is 1. The maximum Gasteiger partial charge on any atom is 0.330 e. The molecule has 1 rings (SSSR count). The molecule has 4 nitrogen and oxygen atoms in total. The summed E-state index contributed by atoms with van der Waals surface area (Å²) in [5.41, 5.74) is 0.552. The van der Waals surface area contributed by atoms with Gasteiger partial charge in [0.15, 0.2) is 0 Å². The van der Waals surface area contributed by atoms with Gasteiger partial charge >= 0.3 is 5.97 Å². The molecular weight excluding hydrogens is 194 g/mol. The van der Waals surface area contributed by atoms with Gasteiger partial charge < -0.3 is 9.30 Å². The molecule has 0 saturated carbocycles. The van der Waals surface area contributed by atoms with E-state index in [-0.39, 0.29) is 5.56 Å². The van der Waals surface area contributed by atoms with Crippen molar-refractivity contribution in [1.29, 1.82) is 0 Å². The Balaban J connectivity index is 2.85. The van der Waals surface area contributed by atoms with Crippen molar-refractivity contribution in [2.24, 2.45) is 7.05 Å². The minimum Gasteiger partial charge on any atom is -0.463 e. The van der Waals surface area contributed by atoms with Gasteiger partial charge in [0.1, 0.15) is 0 Å². The zero-order valence-electron chi connectivity index (χ0n) is 8.77. The number of hydrogen-bond donors (Lipinski definition) is 0. The molecule has 0 saturated heterocycles. The monoisotopic (exact) mass is 207 g/mol. The largest absolute Gasteiger partial charge is 0.463 e. The molecule has 1 aromatic heterocycles. The third-order valence-corrected chi connectivity index (χ3v) is 1.90. The van der Waals surface area contributed by atoms with Gasteiger partial charge in [0.2, 0.25) is 0 Å². The molecule has 1 heterocycles. The van der Waals surface area contributed by atoms with Crippen LogP contribution >= 0.6 is 0 Å². The second-order valence-corrected chi connectivity index (χ2v) is 2.93. The van der Waals surface area contributed by atoms with Gasteiger partial charge in [-0.05, 0) is 19.1 Å². The van der Waals surface area contributed by atoms with E-state index in [0.717, 1.165) is 0 Å². The number of rotatable bonds is 3. The van der Waals surface area contributed by atoms with Crippen LogP contribution in [0.2, 0.25) is 0 Å². The highest BCUT2D eigenvalue weighted by atomic mass is 16.5. The highest BCUT2D eigenvalue weighted by molar-refractivity contribution is 5.86. The Bertz CT molecular complexity index is 432. The number of carbonyl (C=O) groups is 1. The van der Waals surface area contributed by atoms with Gasteiger partial charge in [-0.25, -0.2) is 4.79 Å². The number of pyridine rings is 1. The van der Waals surface area contributed by atoms with E-state index in [2.05, 4.69) is 0 Å². The lowest BCUT2D eigenvalue weighted by Gasteiger charge is -2.01. The Morgan fingerprint density at radius 3 is 2.93 bits per heavy atom. The Hall–Kier alpha value is -1.84. The molecule has 0 amide bonds. The molecule has 1 aromatic rings. The van der Waals surface area contributed by atoms with E-state index in [1.165, 1.54) is 16.7 Å². The van der Waals surface area contributed by atoms with Crippen LogP contribution in [0.5, 0.6) is 0 Å². The Labute approximate surface area is 87.8 Å². The summed E-state index contributed by atoms with van der Waals surface area (Å²) in [5, 5.41) is 0. The quantitative estimate of drug-likeness (QED) is 0.548. The lowest BCUT2D eigenvalue weighted by atomic mass is 10.3. The standard InChI is InChI=1S/C11H13NO3/c1-3-15-11(14)8-7-9-5-4-6-10(13)12(9)2/h4-8H,3H2,1-2H3. The van der Waals surface area contributed by atoms with Crippen LogP contribution < -0.4 is 5.56 Å². The van der Waals surface area contributed by atoms with E-state index in [4.69, 9.17) is 4.74 Å². The minimum atomic E-state index is -0.409. The van der Waals surface area contributed by atoms with Gasteiger partial charge in [0, 0.05) is 24.9 Å². The molecule has 0 aliphatic rings. The third kappa shape index (κ3) is 3.09. The Morgan fingerprint density at radius 1 is 1.53 bits per heavy atom. The second kappa shape index (κ2) is 5.14. The second-order valence-electron chi connectivity index (χ2n) is 2.93. The van der Waals surface area contributed by atoms with Crippen LogP contribution in [-0.4, -0.2) is 17.1 Å². The zero-order chi connectivity index (χ0) is 11.3. The summed E-state index contributed by atoms with van der Waals surface area (Å²) in [6.07, 6.45) is 2.86. The molecule has 0 bridgehead atoms.